The third-order valence-electron chi connectivity index (χ3n) is 2.68. The topological polar surface area (TPSA) is 81.1 Å². The molecule has 0 aliphatic carbocycles. The van der Waals surface area contributed by atoms with Gasteiger partial charge in [0.2, 0.25) is 0 Å². The predicted octanol–water partition coefficient (Wildman–Crippen LogP) is 2.23. The van der Waals surface area contributed by atoms with E-state index >= 15 is 0 Å². The van der Waals surface area contributed by atoms with Gasteiger partial charge in [-0.05, 0) is 12.1 Å². The predicted molar refractivity (Wildman–Crippen MR) is 66.0 cm³/mol. The fourth-order valence-electron chi connectivity index (χ4n) is 1.81. The van der Waals surface area contributed by atoms with Crippen molar-refractivity contribution in [3.05, 3.63) is 54.7 Å². The number of carboxylic acid groups (broad SMARTS) is 1. The van der Waals surface area contributed by atoms with E-state index in [2.05, 4.69) is 10.1 Å². The Kier molecular flexibility index (Phi) is 2.60. The van der Waals surface area contributed by atoms with Gasteiger partial charge in [0.1, 0.15) is 0 Å². The minimum Gasteiger partial charge on any atom is -0.476 e. The number of imidazole rings is 1. The zero-order valence-electron chi connectivity index (χ0n) is 9.72. The first kappa shape index (κ1) is 11.2. The molecule has 3 rings (SSSR count). The average molecular weight is 255 g/mol. The molecule has 0 bridgehead atoms. The summed E-state index contributed by atoms with van der Waals surface area (Å²) in [6.45, 7) is 0. The molecule has 94 valence electrons. The Labute approximate surface area is 107 Å². The minimum absolute atomic E-state index is 0.115. The lowest BCUT2D eigenvalue weighted by Gasteiger charge is -2.06. The fourth-order valence-corrected chi connectivity index (χ4v) is 1.81. The Bertz CT molecular complexity index is 716. The van der Waals surface area contributed by atoms with Crippen molar-refractivity contribution in [3.8, 4) is 17.0 Å². The summed E-state index contributed by atoms with van der Waals surface area (Å²) in [6, 6.07) is 8.85. The lowest BCUT2D eigenvalue weighted by atomic mass is 10.1. The van der Waals surface area contributed by atoms with Crippen LogP contribution in [0, 0.1) is 0 Å². The van der Waals surface area contributed by atoms with Gasteiger partial charge in [0.25, 0.3) is 0 Å². The van der Waals surface area contributed by atoms with Crippen LogP contribution in [0.25, 0.3) is 17.0 Å². The Morgan fingerprint density at radius 1 is 1.32 bits per heavy atom. The van der Waals surface area contributed by atoms with Crippen LogP contribution in [0.5, 0.6) is 0 Å². The maximum atomic E-state index is 10.8. The van der Waals surface area contributed by atoms with E-state index < -0.39 is 5.97 Å². The molecule has 2 aromatic heterocycles. The van der Waals surface area contributed by atoms with Crippen LogP contribution < -0.4 is 0 Å². The van der Waals surface area contributed by atoms with Crippen molar-refractivity contribution in [2.45, 2.75) is 0 Å². The molecule has 0 spiro atoms. The van der Waals surface area contributed by atoms with Crippen molar-refractivity contribution in [1.82, 2.24) is 14.7 Å². The van der Waals surface area contributed by atoms with Crippen molar-refractivity contribution >= 4 is 5.97 Å². The summed E-state index contributed by atoms with van der Waals surface area (Å²) in [5.41, 5.74) is 1.48. The molecule has 0 aliphatic heterocycles. The highest BCUT2D eigenvalue weighted by molar-refractivity contribution is 5.87. The zero-order chi connectivity index (χ0) is 13.2. The highest BCUT2D eigenvalue weighted by Gasteiger charge is 2.15. The molecule has 0 fully saturated rings. The normalized spacial score (nSPS) is 10.5. The van der Waals surface area contributed by atoms with E-state index in [0.717, 1.165) is 11.3 Å². The molecular weight excluding hydrogens is 246 g/mol. The molecule has 0 radical (unpaired) electrons. The number of hydrogen-bond donors (Lipinski definition) is 1. The lowest BCUT2D eigenvalue weighted by Crippen LogP contribution is -1.95. The molecule has 6 heteroatoms. The number of aromatic carboxylic acids is 1. The smallest absolute Gasteiger partial charge is 0.358 e. The second-order valence-electron chi connectivity index (χ2n) is 3.87. The number of para-hydroxylation sites is 1. The summed E-state index contributed by atoms with van der Waals surface area (Å²) >= 11 is 0. The molecule has 0 aliphatic rings. The monoisotopic (exact) mass is 255 g/mol. The van der Waals surface area contributed by atoms with Gasteiger partial charge in [0.15, 0.2) is 11.5 Å². The molecule has 1 N–H and O–H groups in total. The summed E-state index contributed by atoms with van der Waals surface area (Å²) in [5.74, 6) is -0.711. The number of nitrogens with zero attached hydrogens (tertiary/aromatic N) is 3. The first-order chi connectivity index (χ1) is 9.25. The van der Waals surface area contributed by atoms with E-state index in [-0.39, 0.29) is 5.69 Å². The molecule has 2 heterocycles. The third kappa shape index (κ3) is 1.99. The maximum Gasteiger partial charge on any atom is 0.358 e. The van der Waals surface area contributed by atoms with E-state index in [1.165, 1.54) is 6.07 Å². The van der Waals surface area contributed by atoms with Crippen molar-refractivity contribution in [3.63, 3.8) is 0 Å². The van der Waals surface area contributed by atoms with Crippen molar-refractivity contribution in [1.29, 1.82) is 0 Å². The van der Waals surface area contributed by atoms with Crippen LogP contribution in [-0.2, 0) is 0 Å². The summed E-state index contributed by atoms with van der Waals surface area (Å²) in [4.78, 5) is 14.8. The number of benzene rings is 1. The Morgan fingerprint density at radius 2 is 2.16 bits per heavy atom. The SMILES string of the molecule is O=C(O)c1cc(-c2ccccc2-n2ccnc2)on1. The lowest BCUT2D eigenvalue weighted by molar-refractivity contribution is 0.0686. The number of carboxylic acids is 1. The van der Waals surface area contributed by atoms with Gasteiger partial charge in [0.05, 0.1) is 12.0 Å². The molecule has 0 saturated heterocycles. The molecule has 0 unspecified atom stereocenters. The van der Waals surface area contributed by atoms with Crippen LogP contribution in [0.3, 0.4) is 0 Å². The number of aromatic nitrogens is 3. The van der Waals surface area contributed by atoms with E-state index in [1.807, 2.05) is 28.8 Å². The van der Waals surface area contributed by atoms with Gasteiger partial charge < -0.3 is 14.2 Å². The van der Waals surface area contributed by atoms with Gasteiger partial charge >= 0.3 is 5.97 Å². The highest BCUT2D eigenvalue weighted by Crippen LogP contribution is 2.27. The van der Waals surface area contributed by atoms with Crippen LogP contribution in [-0.4, -0.2) is 25.8 Å². The van der Waals surface area contributed by atoms with E-state index in [4.69, 9.17) is 9.63 Å². The minimum atomic E-state index is -1.12. The Morgan fingerprint density at radius 3 is 2.84 bits per heavy atom. The summed E-state index contributed by atoms with van der Waals surface area (Å²) in [5, 5.41) is 12.4. The molecule has 1 aromatic carbocycles. The Hall–Kier alpha value is -2.89. The molecule has 0 atom stereocenters. The van der Waals surface area contributed by atoms with E-state index in [0.29, 0.717) is 5.76 Å². The maximum absolute atomic E-state index is 10.8. The molecule has 0 amide bonds. The van der Waals surface area contributed by atoms with Gasteiger partial charge in [-0.15, -0.1) is 0 Å². The molecule has 3 aromatic rings. The largest absolute Gasteiger partial charge is 0.476 e. The number of rotatable bonds is 3. The van der Waals surface area contributed by atoms with Crippen LogP contribution >= 0.6 is 0 Å². The number of carbonyl (C=O) groups is 1. The van der Waals surface area contributed by atoms with Crippen molar-refractivity contribution < 1.29 is 14.4 Å². The molecule has 19 heavy (non-hydrogen) atoms. The van der Waals surface area contributed by atoms with Crippen LogP contribution in [0.15, 0.2) is 53.6 Å². The van der Waals surface area contributed by atoms with Gasteiger partial charge in [0, 0.05) is 24.0 Å². The second-order valence-corrected chi connectivity index (χ2v) is 3.87. The number of hydrogen-bond acceptors (Lipinski definition) is 4. The van der Waals surface area contributed by atoms with Gasteiger partial charge in [-0.3, -0.25) is 0 Å². The summed E-state index contributed by atoms with van der Waals surface area (Å²) in [6.07, 6.45) is 5.13. The van der Waals surface area contributed by atoms with Gasteiger partial charge in [-0.1, -0.05) is 17.3 Å². The second kappa shape index (κ2) is 4.41. The van der Waals surface area contributed by atoms with Crippen LogP contribution in [0.1, 0.15) is 10.5 Å². The first-order valence-electron chi connectivity index (χ1n) is 5.53. The molecule has 0 saturated carbocycles. The van der Waals surface area contributed by atoms with Crippen molar-refractivity contribution in [2.75, 3.05) is 0 Å². The Balaban J connectivity index is 2.12. The molecule has 6 nitrogen and oxygen atoms in total. The van der Waals surface area contributed by atoms with Gasteiger partial charge in [-0.25, -0.2) is 9.78 Å². The summed E-state index contributed by atoms with van der Waals surface area (Å²) in [7, 11) is 0. The van der Waals surface area contributed by atoms with E-state index in [1.54, 1.807) is 18.7 Å². The standard InChI is InChI=1S/C13H9N3O3/c17-13(18)10-7-12(19-15-10)9-3-1-2-4-11(9)16-6-5-14-8-16/h1-8H,(H,17,18). The van der Waals surface area contributed by atoms with Crippen LogP contribution in [0.2, 0.25) is 0 Å². The fraction of sp³-hybridized carbons (Fsp3) is 0. The first-order valence-corrected chi connectivity index (χ1v) is 5.53. The third-order valence-corrected chi connectivity index (χ3v) is 2.68. The molecular formula is C13H9N3O3. The zero-order valence-corrected chi connectivity index (χ0v) is 9.72. The quantitative estimate of drug-likeness (QED) is 0.776. The highest BCUT2D eigenvalue weighted by atomic mass is 16.5. The van der Waals surface area contributed by atoms with Crippen molar-refractivity contribution in [2.24, 2.45) is 0 Å². The average Bonchev–Trinajstić information content (AvgIpc) is 3.10. The van der Waals surface area contributed by atoms with Gasteiger partial charge in [-0.2, -0.15) is 0 Å². The van der Waals surface area contributed by atoms with E-state index in [9.17, 15) is 4.79 Å². The van der Waals surface area contributed by atoms with Crippen LogP contribution in [0.4, 0.5) is 0 Å². The summed E-state index contributed by atoms with van der Waals surface area (Å²) < 4.78 is 6.90.